The van der Waals surface area contributed by atoms with Crippen LogP contribution in [-0.4, -0.2) is 16.1 Å². The molecule has 4 nitrogen and oxygen atoms in total. The third kappa shape index (κ3) is 6.03. The Balaban J connectivity index is 0.000000248. The van der Waals surface area contributed by atoms with Crippen molar-refractivity contribution in [1.29, 1.82) is 0 Å². The summed E-state index contributed by atoms with van der Waals surface area (Å²) in [5.74, 6) is -2.78. The van der Waals surface area contributed by atoms with Crippen molar-refractivity contribution in [3.8, 4) is 0 Å². The van der Waals surface area contributed by atoms with Crippen LogP contribution in [0.1, 0.15) is 20.7 Å². The van der Waals surface area contributed by atoms with E-state index in [2.05, 4.69) is 10.3 Å². The first kappa shape index (κ1) is 24.3. The lowest BCUT2D eigenvalue weighted by atomic mass is 10.2. The number of amides is 1. The van der Waals surface area contributed by atoms with E-state index in [0.717, 1.165) is 12.4 Å². The second-order valence-electron chi connectivity index (χ2n) is 5.40. The zero-order chi connectivity index (χ0) is 22.4. The zero-order valence-corrected chi connectivity index (χ0v) is 18.3. The van der Waals surface area contributed by atoms with Crippen LogP contribution < -0.4 is 5.32 Å². The van der Waals surface area contributed by atoms with Crippen LogP contribution in [0.3, 0.4) is 0 Å². The van der Waals surface area contributed by atoms with Gasteiger partial charge in [-0.2, -0.15) is 0 Å². The van der Waals surface area contributed by atoms with E-state index in [1.165, 1.54) is 12.1 Å². The fourth-order valence-corrected chi connectivity index (χ4v) is 3.55. The number of nitrogens with zero attached hydrogens (tertiary/aromatic N) is 1. The SMILES string of the molecule is O=C(Cl)c1c(Cl)cccc1Cl.O=C(Nc1c(F)cncc1F)c1c(Cl)cccc1Cl. The van der Waals surface area contributed by atoms with Gasteiger partial charge in [0.05, 0.1) is 43.6 Å². The Hall–Kier alpha value is -1.96. The number of pyridine rings is 1. The van der Waals surface area contributed by atoms with Gasteiger partial charge in [-0.05, 0) is 35.9 Å². The molecule has 0 spiro atoms. The molecule has 3 aromatic rings. The van der Waals surface area contributed by atoms with Crippen LogP contribution in [0.15, 0.2) is 48.8 Å². The Morgan fingerprint density at radius 1 is 0.767 bits per heavy atom. The summed E-state index contributed by atoms with van der Waals surface area (Å²) in [5, 5.41) is 2.16. The molecule has 1 heterocycles. The van der Waals surface area contributed by atoms with Crippen molar-refractivity contribution in [2.24, 2.45) is 0 Å². The summed E-state index contributed by atoms with van der Waals surface area (Å²) in [6.07, 6.45) is 1.57. The number of carbonyl (C=O) groups excluding carboxylic acids is 2. The Bertz CT molecular complexity index is 1050. The highest BCUT2D eigenvalue weighted by atomic mass is 35.5. The lowest BCUT2D eigenvalue weighted by Gasteiger charge is -2.09. The van der Waals surface area contributed by atoms with E-state index in [0.29, 0.717) is 0 Å². The minimum atomic E-state index is -0.989. The van der Waals surface area contributed by atoms with Crippen molar-refractivity contribution < 1.29 is 18.4 Å². The molecule has 0 aliphatic carbocycles. The van der Waals surface area contributed by atoms with Crippen molar-refractivity contribution in [3.05, 3.63) is 91.6 Å². The molecule has 0 bridgehead atoms. The molecule has 0 aliphatic rings. The first-order valence-electron chi connectivity index (χ1n) is 7.81. The van der Waals surface area contributed by atoms with E-state index in [1.54, 1.807) is 24.3 Å². The molecule has 1 aromatic heterocycles. The van der Waals surface area contributed by atoms with Gasteiger partial charge in [-0.15, -0.1) is 0 Å². The number of rotatable bonds is 3. The van der Waals surface area contributed by atoms with Crippen LogP contribution in [0.4, 0.5) is 14.5 Å². The molecule has 0 aliphatic heterocycles. The number of carbonyl (C=O) groups is 2. The molecule has 156 valence electrons. The molecule has 11 heteroatoms. The lowest BCUT2D eigenvalue weighted by Crippen LogP contribution is -2.15. The molecule has 3 rings (SSSR count). The fourth-order valence-electron chi connectivity index (χ4n) is 2.11. The van der Waals surface area contributed by atoms with Gasteiger partial charge in [-0.25, -0.2) is 8.78 Å². The fraction of sp³-hybridized carbons (Fsp3) is 0. The second-order valence-corrected chi connectivity index (χ2v) is 7.37. The molecule has 30 heavy (non-hydrogen) atoms. The predicted octanol–water partition coefficient (Wildman–Crippen LogP) is 7.29. The average molecular weight is 513 g/mol. The smallest absolute Gasteiger partial charge is 0.258 e. The van der Waals surface area contributed by atoms with Crippen molar-refractivity contribution in [2.75, 3.05) is 5.32 Å². The maximum atomic E-state index is 13.3. The number of nitrogens with one attached hydrogen (secondary N) is 1. The van der Waals surface area contributed by atoms with E-state index in [9.17, 15) is 18.4 Å². The Kier molecular flexibility index (Phi) is 8.82. The molecule has 0 saturated carbocycles. The van der Waals surface area contributed by atoms with Crippen LogP contribution in [-0.2, 0) is 0 Å². The highest BCUT2D eigenvalue weighted by Crippen LogP contribution is 2.27. The van der Waals surface area contributed by atoms with Crippen molar-refractivity contribution in [2.45, 2.75) is 0 Å². The molecule has 0 saturated heterocycles. The zero-order valence-electron chi connectivity index (χ0n) is 14.5. The molecule has 1 N–H and O–H groups in total. The molecule has 0 unspecified atom stereocenters. The highest BCUT2D eigenvalue weighted by Gasteiger charge is 2.18. The van der Waals surface area contributed by atoms with Crippen LogP contribution in [0, 0.1) is 11.6 Å². The molecular weight excluding hydrogens is 503 g/mol. The van der Waals surface area contributed by atoms with Crippen LogP contribution in [0.5, 0.6) is 0 Å². The minimum Gasteiger partial charge on any atom is -0.317 e. The van der Waals surface area contributed by atoms with Gasteiger partial charge in [-0.3, -0.25) is 14.6 Å². The standard InChI is InChI=1S/C12H6Cl2F2N2O.C7H3Cl3O/c13-6-2-1-3-7(14)10(6)12(19)18-11-8(15)4-17-5-9(11)16;8-4-2-1-3-5(9)6(4)7(10)11/h1-5H,(H,17,18,19);1-3H. The van der Waals surface area contributed by atoms with Crippen molar-refractivity contribution >= 4 is 74.8 Å². The van der Waals surface area contributed by atoms with Crippen molar-refractivity contribution in [1.82, 2.24) is 4.98 Å². The molecule has 2 aromatic carbocycles. The number of aromatic nitrogens is 1. The van der Waals surface area contributed by atoms with Gasteiger partial charge in [0, 0.05) is 0 Å². The maximum absolute atomic E-state index is 13.3. The van der Waals surface area contributed by atoms with E-state index in [1.807, 2.05) is 0 Å². The summed E-state index contributed by atoms with van der Waals surface area (Å²) >= 11 is 28.1. The van der Waals surface area contributed by atoms with E-state index < -0.39 is 28.5 Å². The number of hydrogen-bond donors (Lipinski definition) is 1. The molecular formula is C19H9Cl5F2N2O2. The van der Waals surface area contributed by atoms with E-state index in [4.69, 9.17) is 58.0 Å². The topological polar surface area (TPSA) is 59.1 Å². The van der Waals surface area contributed by atoms with Crippen LogP contribution in [0.25, 0.3) is 0 Å². The summed E-state index contributed by atoms with van der Waals surface area (Å²) < 4.78 is 26.7. The predicted molar refractivity (Wildman–Crippen MR) is 115 cm³/mol. The largest absolute Gasteiger partial charge is 0.317 e. The van der Waals surface area contributed by atoms with E-state index >= 15 is 0 Å². The second kappa shape index (κ2) is 10.9. The van der Waals surface area contributed by atoms with Gasteiger partial charge in [0.2, 0.25) is 0 Å². The van der Waals surface area contributed by atoms with Crippen molar-refractivity contribution in [3.63, 3.8) is 0 Å². The summed E-state index contributed by atoms with van der Waals surface area (Å²) in [5.41, 5.74) is -0.491. The number of anilines is 1. The summed E-state index contributed by atoms with van der Waals surface area (Å²) in [6.45, 7) is 0. The third-order valence-corrected chi connectivity index (χ3v) is 4.89. The van der Waals surface area contributed by atoms with Crippen LogP contribution >= 0.6 is 58.0 Å². The summed E-state index contributed by atoms with van der Waals surface area (Å²) in [7, 11) is 0. The lowest BCUT2D eigenvalue weighted by molar-refractivity contribution is 0.102. The first-order chi connectivity index (χ1) is 14.1. The maximum Gasteiger partial charge on any atom is 0.258 e. The molecule has 0 radical (unpaired) electrons. The third-order valence-electron chi connectivity index (χ3n) is 3.44. The molecule has 0 fully saturated rings. The van der Waals surface area contributed by atoms with Gasteiger partial charge in [0.25, 0.3) is 11.1 Å². The van der Waals surface area contributed by atoms with Gasteiger partial charge >= 0.3 is 0 Å². The van der Waals surface area contributed by atoms with Crippen LogP contribution in [0.2, 0.25) is 20.1 Å². The van der Waals surface area contributed by atoms with E-state index in [-0.39, 0.29) is 31.2 Å². The normalized spacial score (nSPS) is 10.1. The molecule has 1 amide bonds. The van der Waals surface area contributed by atoms with Gasteiger partial charge in [0.1, 0.15) is 5.69 Å². The average Bonchev–Trinajstić information content (AvgIpc) is 2.65. The number of benzene rings is 2. The highest BCUT2D eigenvalue weighted by molar-refractivity contribution is 6.69. The molecule has 0 atom stereocenters. The summed E-state index contributed by atoms with van der Waals surface area (Å²) in [6, 6.07) is 9.21. The number of halogens is 7. The minimum absolute atomic E-state index is 0.0542. The van der Waals surface area contributed by atoms with Gasteiger partial charge in [-0.1, -0.05) is 58.5 Å². The number of hydrogen-bond acceptors (Lipinski definition) is 3. The Labute approximate surface area is 194 Å². The monoisotopic (exact) mass is 510 g/mol. The Morgan fingerprint density at radius 3 is 1.53 bits per heavy atom. The Morgan fingerprint density at radius 2 is 1.17 bits per heavy atom. The first-order valence-corrected chi connectivity index (χ1v) is 9.70. The summed E-state index contributed by atoms with van der Waals surface area (Å²) in [4.78, 5) is 25.9. The van der Waals surface area contributed by atoms with Gasteiger partial charge in [0.15, 0.2) is 11.6 Å². The quantitative estimate of drug-likeness (QED) is 0.375. The van der Waals surface area contributed by atoms with Gasteiger partial charge < -0.3 is 5.32 Å².